The summed E-state index contributed by atoms with van der Waals surface area (Å²) < 4.78 is 35.6. The zero-order valence-corrected chi connectivity index (χ0v) is 10.8. The smallest absolute Gasteiger partial charge is 0.372 e. The summed E-state index contributed by atoms with van der Waals surface area (Å²) in [5.41, 5.74) is -1.22. The van der Waals surface area contributed by atoms with Crippen LogP contribution in [0.25, 0.3) is 0 Å². The fourth-order valence-corrected chi connectivity index (χ4v) is 1.62. The van der Waals surface area contributed by atoms with Crippen molar-refractivity contribution in [3.05, 3.63) is 27.4 Å². The normalized spacial score (nSPS) is 10.4. The lowest BCUT2D eigenvalue weighted by Gasteiger charge is -2.11. The molecule has 0 radical (unpaired) electrons. The Morgan fingerprint density at radius 3 is 2.65 bits per heavy atom. The van der Waals surface area contributed by atoms with E-state index in [2.05, 4.69) is 9.72 Å². The summed E-state index contributed by atoms with van der Waals surface area (Å²) in [4.78, 5) is 24.5. The Morgan fingerprint density at radius 1 is 1.55 bits per heavy atom. The fourth-order valence-electron chi connectivity index (χ4n) is 1.62. The first-order valence-corrected chi connectivity index (χ1v) is 5.56. The number of nitrogens with zero attached hydrogens (tertiary/aromatic N) is 2. The number of halogens is 2. The first-order chi connectivity index (χ1) is 9.42. The number of methoxy groups -OCH3 is 1. The molecule has 0 amide bonds. The number of esters is 1. The summed E-state index contributed by atoms with van der Waals surface area (Å²) in [6.07, 6.45) is -2.79. The highest BCUT2D eigenvalue weighted by atomic mass is 19.3. The molecule has 0 unspecified atom stereocenters. The summed E-state index contributed by atoms with van der Waals surface area (Å²) in [6, 6.07) is 0. The number of nitro groups is 1. The Balaban J connectivity index is 3.38. The lowest BCUT2D eigenvalue weighted by Crippen LogP contribution is -2.13. The molecule has 0 aliphatic rings. The van der Waals surface area contributed by atoms with Gasteiger partial charge in [0, 0.05) is 5.56 Å². The van der Waals surface area contributed by atoms with Crippen molar-refractivity contribution in [3.63, 3.8) is 0 Å². The minimum atomic E-state index is -3.16. The number of aromatic nitrogens is 1. The monoisotopic (exact) mass is 290 g/mol. The van der Waals surface area contributed by atoms with E-state index in [0.29, 0.717) is 0 Å². The van der Waals surface area contributed by atoms with Crippen LogP contribution in [0.4, 0.5) is 14.6 Å². The van der Waals surface area contributed by atoms with E-state index in [4.69, 9.17) is 4.74 Å². The number of alkyl halides is 2. The predicted molar refractivity (Wildman–Crippen MR) is 62.7 cm³/mol. The molecule has 0 spiro atoms. The van der Waals surface area contributed by atoms with Gasteiger partial charge in [-0.1, -0.05) is 0 Å². The van der Waals surface area contributed by atoms with Crippen molar-refractivity contribution in [2.75, 3.05) is 13.7 Å². The molecule has 0 atom stereocenters. The molecule has 0 N–H and O–H groups in total. The van der Waals surface area contributed by atoms with Crippen LogP contribution >= 0.6 is 0 Å². The molecular weight excluding hydrogens is 278 g/mol. The molecule has 1 aromatic rings. The maximum atomic E-state index is 13.0. The highest BCUT2D eigenvalue weighted by Gasteiger charge is 2.31. The van der Waals surface area contributed by atoms with E-state index in [-0.39, 0.29) is 17.9 Å². The largest absolute Gasteiger partial charge is 0.492 e. The molecule has 9 heteroatoms. The number of ether oxygens (including phenoxy) is 2. The van der Waals surface area contributed by atoms with Crippen molar-refractivity contribution in [2.45, 2.75) is 19.8 Å². The Kier molecular flexibility index (Phi) is 5.30. The van der Waals surface area contributed by atoms with E-state index in [9.17, 15) is 23.7 Å². The van der Waals surface area contributed by atoms with E-state index in [1.807, 2.05) is 0 Å². The van der Waals surface area contributed by atoms with E-state index in [0.717, 1.165) is 6.20 Å². The van der Waals surface area contributed by atoms with Crippen LogP contribution in [0.1, 0.15) is 24.5 Å². The summed E-state index contributed by atoms with van der Waals surface area (Å²) in [5.74, 6) is -1.91. The van der Waals surface area contributed by atoms with Crippen LogP contribution in [0.3, 0.4) is 0 Å². The van der Waals surface area contributed by atoms with E-state index < -0.39 is 35.1 Å². The van der Waals surface area contributed by atoms with Crippen molar-refractivity contribution < 1.29 is 28.0 Å². The van der Waals surface area contributed by atoms with Crippen LogP contribution < -0.4 is 4.74 Å². The van der Waals surface area contributed by atoms with Crippen molar-refractivity contribution >= 4 is 11.8 Å². The van der Waals surface area contributed by atoms with E-state index in [1.165, 1.54) is 7.11 Å². The molecule has 0 aliphatic carbocycles. The Labute approximate surface area is 112 Å². The van der Waals surface area contributed by atoms with Crippen LogP contribution in [0.2, 0.25) is 0 Å². The molecule has 1 rings (SSSR count). The van der Waals surface area contributed by atoms with Crippen LogP contribution in [0, 0.1) is 10.1 Å². The van der Waals surface area contributed by atoms with E-state index >= 15 is 0 Å². The molecule has 1 heterocycles. The van der Waals surface area contributed by atoms with E-state index in [1.54, 1.807) is 6.92 Å². The minimum Gasteiger partial charge on any atom is -0.492 e. The van der Waals surface area contributed by atoms with Gasteiger partial charge >= 0.3 is 11.8 Å². The van der Waals surface area contributed by atoms with Crippen LogP contribution in [0.5, 0.6) is 5.75 Å². The third-order valence-electron chi connectivity index (χ3n) is 2.41. The number of carbonyl (C=O) groups excluding carboxylic acids is 1. The molecule has 7 nitrogen and oxygen atoms in total. The molecule has 0 saturated carbocycles. The number of hydrogen-bond acceptors (Lipinski definition) is 6. The first-order valence-electron chi connectivity index (χ1n) is 5.56. The second kappa shape index (κ2) is 6.73. The minimum absolute atomic E-state index is 0.0678. The molecular formula is C11H12F2N2O5. The lowest BCUT2D eigenvalue weighted by molar-refractivity contribution is -0.391. The molecule has 0 fully saturated rings. The van der Waals surface area contributed by atoms with Crippen molar-refractivity contribution in [1.29, 1.82) is 0 Å². The third-order valence-corrected chi connectivity index (χ3v) is 2.41. The zero-order valence-electron chi connectivity index (χ0n) is 10.8. The molecule has 0 aliphatic heterocycles. The highest BCUT2D eigenvalue weighted by Crippen LogP contribution is 2.35. The van der Waals surface area contributed by atoms with Gasteiger partial charge < -0.3 is 19.6 Å². The Morgan fingerprint density at radius 2 is 2.20 bits per heavy atom. The van der Waals surface area contributed by atoms with Gasteiger partial charge in [-0.25, -0.2) is 8.78 Å². The maximum absolute atomic E-state index is 13.0. The Hall–Kier alpha value is -2.32. The van der Waals surface area contributed by atoms with Crippen LogP contribution in [-0.2, 0) is 16.0 Å². The van der Waals surface area contributed by atoms with Crippen molar-refractivity contribution in [3.8, 4) is 5.75 Å². The van der Waals surface area contributed by atoms with Crippen molar-refractivity contribution in [1.82, 2.24) is 4.98 Å². The molecule has 0 saturated heterocycles. The quantitative estimate of drug-likeness (QED) is 0.452. The van der Waals surface area contributed by atoms with Gasteiger partial charge in [-0.15, -0.1) is 0 Å². The molecule has 0 bridgehead atoms. The van der Waals surface area contributed by atoms with Gasteiger partial charge in [0.25, 0.3) is 6.43 Å². The molecule has 1 aromatic heterocycles. The number of carbonyl (C=O) groups is 1. The van der Waals surface area contributed by atoms with Gasteiger partial charge in [0.05, 0.1) is 20.1 Å². The fraction of sp³-hybridized carbons (Fsp3) is 0.455. The summed E-state index contributed by atoms with van der Waals surface area (Å²) in [7, 11) is 1.19. The van der Waals surface area contributed by atoms with Crippen LogP contribution in [-0.4, -0.2) is 29.6 Å². The average molecular weight is 290 g/mol. The number of pyridine rings is 1. The SMILES string of the molecule is CCOC(=O)Cc1c(OC)cnc([N+](=O)[O-])c1C(F)F. The topological polar surface area (TPSA) is 91.6 Å². The second-order valence-corrected chi connectivity index (χ2v) is 3.58. The number of rotatable bonds is 6. The zero-order chi connectivity index (χ0) is 15.3. The summed E-state index contributed by atoms with van der Waals surface area (Å²) >= 11 is 0. The second-order valence-electron chi connectivity index (χ2n) is 3.58. The number of hydrogen-bond donors (Lipinski definition) is 0. The summed E-state index contributed by atoms with van der Waals surface area (Å²) in [6.45, 7) is 1.62. The third kappa shape index (κ3) is 3.37. The van der Waals surface area contributed by atoms with Gasteiger partial charge in [-0.05, 0) is 16.8 Å². The Bertz CT molecular complexity index is 522. The maximum Gasteiger partial charge on any atom is 0.372 e. The van der Waals surface area contributed by atoms with Gasteiger partial charge in [0.1, 0.15) is 5.56 Å². The van der Waals surface area contributed by atoms with Crippen LogP contribution in [0.15, 0.2) is 6.20 Å². The summed E-state index contributed by atoms with van der Waals surface area (Å²) in [5, 5.41) is 10.7. The lowest BCUT2D eigenvalue weighted by atomic mass is 10.1. The molecule has 0 aromatic carbocycles. The predicted octanol–water partition coefficient (Wildman–Crippen LogP) is 2.04. The standard InChI is InChI=1S/C11H12F2N2O5/c1-3-20-8(16)4-6-7(19-2)5-14-11(15(17)18)9(6)10(12)13/h5,10H,3-4H2,1-2H3. The first kappa shape index (κ1) is 15.7. The highest BCUT2D eigenvalue weighted by molar-refractivity contribution is 5.74. The average Bonchev–Trinajstić information content (AvgIpc) is 2.37. The van der Waals surface area contributed by atoms with Gasteiger partial charge in [-0.3, -0.25) is 4.79 Å². The molecule has 110 valence electrons. The van der Waals surface area contributed by atoms with Gasteiger partial charge in [-0.2, -0.15) is 0 Å². The van der Waals surface area contributed by atoms with Gasteiger partial charge in [0.2, 0.25) is 0 Å². The molecule has 20 heavy (non-hydrogen) atoms. The van der Waals surface area contributed by atoms with Gasteiger partial charge in [0.15, 0.2) is 11.9 Å². The van der Waals surface area contributed by atoms with Crippen molar-refractivity contribution in [2.24, 2.45) is 0 Å².